The third-order valence-electron chi connectivity index (χ3n) is 5.08. The van der Waals surface area contributed by atoms with E-state index in [0.29, 0.717) is 6.54 Å². The second-order valence-corrected chi connectivity index (χ2v) is 7.37. The Balaban J connectivity index is 1.95. The van der Waals surface area contributed by atoms with Crippen LogP contribution in [0.25, 0.3) is 27.4 Å². The van der Waals surface area contributed by atoms with Crippen molar-refractivity contribution in [2.24, 2.45) is 0 Å². The molecule has 2 N–H and O–H groups in total. The molecule has 0 aliphatic carbocycles. The van der Waals surface area contributed by atoms with Gasteiger partial charge in [0.25, 0.3) is 0 Å². The molecule has 3 rings (SSSR count). The molecule has 162 valence electrons. The predicted molar refractivity (Wildman–Crippen MR) is 136 cm³/mol. The highest BCUT2D eigenvalue weighted by atomic mass is 16.1. The summed E-state index contributed by atoms with van der Waals surface area (Å²) < 4.78 is 0. The lowest BCUT2D eigenvalue weighted by molar-refractivity contribution is -0.116. The van der Waals surface area contributed by atoms with Crippen LogP contribution >= 0.6 is 0 Å². The molecule has 0 saturated heterocycles. The zero-order chi connectivity index (χ0) is 22.9. The van der Waals surface area contributed by atoms with Crippen LogP contribution in [0.2, 0.25) is 0 Å². The molecule has 1 aromatic carbocycles. The third kappa shape index (κ3) is 5.41. The molecule has 0 radical (unpaired) electrons. The van der Waals surface area contributed by atoms with Crippen LogP contribution < -0.4 is 5.32 Å². The van der Waals surface area contributed by atoms with Gasteiger partial charge >= 0.3 is 0 Å². The number of fused-ring (bicyclic) bond motifs is 3. The largest absolute Gasteiger partial charge is 0.353 e. The second-order valence-electron chi connectivity index (χ2n) is 7.37. The molecule has 2 aromatic heterocycles. The second kappa shape index (κ2) is 10.9. The van der Waals surface area contributed by atoms with Crippen LogP contribution in [0, 0.1) is 0 Å². The SMILES string of the molecule is C=C/C=C\C=C(/C)c1nc(CNC(=O)/C=C/C(/C=C\C)=C/C)cc2c1[nH]c1ccccc12. The fourth-order valence-electron chi connectivity index (χ4n) is 3.48. The smallest absolute Gasteiger partial charge is 0.244 e. The Kier molecular flexibility index (Phi) is 7.76. The molecule has 0 spiro atoms. The van der Waals surface area contributed by atoms with Gasteiger partial charge in [0.15, 0.2) is 0 Å². The Hall–Kier alpha value is -3.92. The number of pyridine rings is 1. The van der Waals surface area contributed by atoms with Crippen LogP contribution in [-0.4, -0.2) is 15.9 Å². The molecule has 0 saturated carbocycles. The molecule has 3 aromatic rings. The first-order valence-electron chi connectivity index (χ1n) is 10.7. The lowest BCUT2D eigenvalue weighted by Gasteiger charge is -2.08. The number of hydrogen-bond donors (Lipinski definition) is 2. The summed E-state index contributed by atoms with van der Waals surface area (Å²) >= 11 is 0. The number of carbonyl (C=O) groups excluding carboxylic acids is 1. The van der Waals surface area contributed by atoms with Crippen LogP contribution in [0.5, 0.6) is 0 Å². The van der Waals surface area contributed by atoms with E-state index in [4.69, 9.17) is 4.98 Å². The Morgan fingerprint density at radius 3 is 2.69 bits per heavy atom. The number of amides is 1. The van der Waals surface area contributed by atoms with E-state index < -0.39 is 0 Å². The molecule has 0 fully saturated rings. The van der Waals surface area contributed by atoms with Gasteiger partial charge in [-0.1, -0.05) is 67.3 Å². The van der Waals surface area contributed by atoms with Crippen molar-refractivity contribution in [3.05, 3.63) is 109 Å². The Bertz CT molecular complexity index is 1280. The van der Waals surface area contributed by atoms with Crippen molar-refractivity contribution in [2.75, 3.05) is 0 Å². The zero-order valence-corrected chi connectivity index (χ0v) is 18.9. The topological polar surface area (TPSA) is 57.8 Å². The fourth-order valence-corrected chi connectivity index (χ4v) is 3.48. The Morgan fingerprint density at radius 2 is 1.94 bits per heavy atom. The highest BCUT2D eigenvalue weighted by molar-refractivity contribution is 6.09. The minimum absolute atomic E-state index is 0.155. The Labute approximate surface area is 189 Å². The van der Waals surface area contributed by atoms with Crippen molar-refractivity contribution in [1.82, 2.24) is 15.3 Å². The quantitative estimate of drug-likeness (QED) is 0.318. The number of allylic oxidation sites excluding steroid dienone is 10. The van der Waals surface area contributed by atoms with E-state index in [1.165, 1.54) is 0 Å². The predicted octanol–water partition coefficient (Wildman–Crippen LogP) is 6.56. The molecule has 4 nitrogen and oxygen atoms in total. The van der Waals surface area contributed by atoms with Gasteiger partial charge in [-0.2, -0.15) is 0 Å². The van der Waals surface area contributed by atoms with E-state index in [1.807, 2.05) is 75.4 Å². The monoisotopic (exact) mass is 423 g/mol. The fraction of sp³-hybridized carbons (Fsp3) is 0.143. The van der Waals surface area contributed by atoms with Gasteiger partial charge in [-0.25, -0.2) is 4.98 Å². The summed E-state index contributed by atoms with van der Waals surface area (Å²) in [5.41, 5.74) is 5.74. The van der Waals surface area contributed by atoms with E-state index in [1.54, 1.807) is 18.2 Å². The maximum absolute atomic E-state index is 12.3. The van der Waals surface area contributed by atoms with Gasteiger partial charge in [0, 0.05) is 22.4 Å². The molecule has 0 atom stereocenters. The summed E-state index contributed by atoms with van der Waals surface area (Å²) in [6, 6.07) is 10.2. The molecule has 4 heteroatoms. The average molecular weight is 424 g/mol. The normalized spacial score (nSPS) is 13.2. The minimum atomic E-state index is -0.155. The summed E-state index contributed by atoms with van der Waals surface area (Å²) in [5.74, 6) is -0.155. The van der Waals surface area contributed by atoms with E-state index in [-0.39, 0.29) is 5.91 Å². The number of H-pyrrole nitrogens is 1. The van der Waals surface area contributed by atoms with Crippen molar-refractivity contribution < 1.29 is 4.79 Å². The van der Waals surface area contributed by atoms with Crippen molar-refractivity contribution in [1.29, 1.82) is 0 Å². The van der Waals surface area contributed by atoms with E-state index in [0.717, 1.165) is 44.3 Å². The van der Waals surface area contributed by atoms with Crippen molar-refractivity contribution in [3.63, 3.8) is 0 Å². The first kappa shape index (κ1) is 22.8. The number of nitrogens with zero attached hydrogens (tertiary/aromatic N) is 1. The molecular weight excluding hydrogens is 394 g/mol. The van der Waals surface area contributed by atoms with Crippen LogP contribution in [0.1, 0.15) is 32.2 Å². The molecule has 0 aliphatic heterocycles. The third-order valence-corrected chi connectivity index (χ3v) is 5.08. The van der Waals surface area contributed by atoms with Crippen molar-refractivity contribution in [2.45, 2.75) is 27.3 Å². The van der Waals surface area contributed by atoms with Crippen LogP contribution in [0.4, 0.5) is 0 Å². The van der Waals surface area contributed by atoms with Gasteiger partial charge < -0.3 is 10.3 Å². The summed E-state index contributed by atoms with van der Waals surface area (Å²) in [4.78, 5) is 20.7. The van der Waals surface area contributed by atoms with Crippen molar-refractivity contribution >= 4 is 33.3 Å². The van der Waals surface area contributed by atoms with Gasteiger partial charge in [-0.05, 0) is 50.1 Å². The highest BCUT2D eigenvalue weighted by Crippen LogP contribution is 2.30. The average Bonchev–Trinajstić information content (AvgIpc) is 3.18. The number of nitrogens with one attached hydrogen (secondary N) is 2. The standard InChI is InChI=1S/C28H29N3O/c1-5-8-9-13-20(4)27-28-24(23-14-10-11-15-25(23)31-28)18-22(30-27)19-29-26(32)17-16-21(7-3)12-6-2/h5-18,31H,1,19H2,2-4H3,(H,29,32)/b9-8-,12-6-,17-16+,20-13+,21-7+. The maximum atomic E-state index is 12.3. The molecule has 0 unspecified atom stereocenters. The van der Waals surface area contributed by atoms with E-state index in [2.05, 4.69) is 29.0 Å². The lowest BCUT2D eigenvalue weighted by Crippen LogP contribution is -2.21. The van der Waals surface area contributed by atoms with Crippen LogP contribution in [0.15, 0.2) is 97.2 Å². The molecule has 0 aliphatic rings. The number of para-hydroxylation sites is 1. The summed E-state index contributed by atoms with van der Waals surface area (Å²) in [5, 5.41) is 5.18. The first-order chi connectivity index (χ1) is 15.6. The first-order valence-corrected chi connectivity index (χ1v) is 10.7. The van der Waals surface area contributed by atoms with Crippen LogP contribution in [-0.2, 0) is 11.3 Å². The number of carbonyl (C=O) groups is 1. The van der Waals surface area contributed by atoms with E-state index in [9.17, 15) is 4.79 Å². The summed E-state index contributed by atoms with van der Waals surface area (Å²) in [7, 11) is 0. The molecule has 2 heterocycles. The van der Waals surface area contributed by atoms with Crippen LogP contribution in [0.3, 0.4) is 0 Å². The van der Waals surface area contributed by atoms with E-state index >= 15 is 0 Å². The van der Waals surface area contributed by atoms with Crippen molar-refractivity contribution in [3.8, 4) is 0 Å². The number of aromatic amines is 1. The summed E-state index contributed by atoms with van der Waals surface area (Å²) in [6.45, 7) is 9.99. The molecule has 1 amide bonds. The van der Waals surface area contributed by atoms with Gasteiger partial charge in [0.05, 0.1) is 23.4 Å². The zero-order valence-electron chi connectivity index (χ0n) is 18.9. The highest BCUT2D eigenvalue weighted by Gasteiger charge is 2.13. The van der Waals surface area contributed by atoms with Gasteiger partial charge in [-0.15, -0.1) is 0 Å². The van der Waals surface area contributed by atoms with Gasteiger partial charge in [-0.3, -0.25) is 4.79 Å². The Morgan fingerprint density at radius 1 is 1.12 bits per heavy atom. The minimum Gasteiger partial charge on any atom is -0.353 e. The molecular formula is C28H29N3O. The number of rotatable bonds is 8. The van der Waals surface area contributed by atoms with Gasteiger partial charge in [0.2, 0.25) is 5.91 Å². The number of hydrogen-bond acceptors (Lipinski definition) is 2. The maximum Gasteiger partial charge on any atom is 0.244 e. The number of aromatic nitrogens is 2. The molecule has 0 bridgehead atoms. The summed E-state index contributed by atoms with van der Waals surface area (Å²) in [6.07, 6.45) is 16.8. The lowest BCUT2D eigenvalue weighted by atomic mass is 10.1. The molecule has 32 heavy (non-hydrogen) atoms. The van der Waals surface area contributed by atoms with Gasteiger partial charge in [0.1, 0.15) is 0 Å². The number of benzene rings is 1.